The number of carbonyl (C=O) groups is 2. The molecule has 0 radical (unpaired) electrons. The number of rotatable bonds is 51. The maximum atomic E-state index is 12.9. The van der Waals surface area contributed by atoms with Crippen LogP contribution in [0.4, 0.5) is 0 Å². The SMILES string of the molecule is CC/C=C\C/C=C\C/C=C\CCCCCCCCCC(=O)OC(COCCCCCCCC/C=C\C/C=C\C/C=C\CC)COC(=O)CCCCCCCC/C=C\C/C=C\C/C=C\CCCCC. The topological polar surface area (TPSA) is 61.8 Å². The van der Waals surface area contributed by atoms with Gasteiger partial charge in [0.1, 0.15) is 6.61 Å². The molecule has 0 fully saturated rings. The molecular formula is C63H106O5. The van der Waals surface area contributed by atoms with Crippen LogP contribution in [0.3, 0.4) is 0 Å². The molecule has 0 aromatic heterocycles. The lowest BCUT2D eigenvalue weighted by atomic mass is 10.1. The molecule has 0 amide bonds. The summed E-state index contributed by atoms with van der Waals surface area (Å²) >= 11 is 0. The fourth-order valence-electron chi connectivity index (χ4n) is 7.60. The zero-order valence-corrected chi connectivity index (χ0v) is 44.6. The fraction of sp³-hybridized carbons (Fsp3) is 0.683. The molecular weight excluding hydrogens is 837 g/mol. The summed E-state index contributed by atoms with van der Waals surface area (Å²) < 4.78 is 17.5. The van der Waals surface area contributed by atoms with Crippen LogP contribution < -0.4 is 0 Å². The van der Waals surface area contributed by atoms with Crippen molar-refractivity contribution in [1.82, 2.24) is 0 Å². The van der Waals surface area contributed by atoms with Gasteiger partial charge in [-0.25, -0.2) is 0 Å². The lowest BCUT2D eigenvalue weighted by molar-refractivity contribution is -0.163. The van der Waals surface area contributed by atoms with Crippen LogP contribution in [0.1, 0.15) is 252 Å². The van der Waals surface area contributed by atoms with Gasteiger partial charge in [-0.05, 0) is 122 Å². The summed E-state index contributed by atoms with van der Waals surface area (Å²) in [4.78, 5) is 25.5. The number of unbranched alkanes of at least 4 members (excludes halogenated alkanes) is 22. The van der Waals surface area contributed by atoms with E-state index < -0.39 is 6.10 Å². The van der Waals surface area contributed by atoms with Gasteiger partial charge in [-0.3, -0.25) is 9.59 Å². The number of allylic oxidation sites excluding steroid dienone is 18. The molecule has 0 aliphatic carbocycles. The molecule has 0 bridgehead atoms. The molecule has 0 spiro atoms. The molecule has 1 atom stereocenters. The second-order valence-corrected chi connectivity index (χ2v) is 18.4. The van der Waals surface area contributed by atoms with E-state index in [1.807, 2.05) is 0 Å². The van der Waals surface area contributed by atoms with Crippen LogP contribution in [-0.2, 0) is 23.8 Å². The van der Waals surface area contributed by atoms with Gasteiger partial charge >= 0.3 is 11.9 Å². The van der Waals surface area contributed by atoms with Gasteiger partial charge in [-0.15, -0.1) is 0 Å². The Morgan fingerprint density at radius 1 is 0.338 bits per heavy atom. The van der Waals surface area contributed by atoms with E-state index in [4.69, 9.17) is 14.2 Å². The molecule has 0 saturated heterocycles. The van der Waals surface area contributed by atoms with Crippen molar-refractivity contribution >= 4 is 11.9 Å². The van der Waals surface area contributed by atoms with Crippen molar-refractivity contribution in [2.75, 3.05) is 19.8 Å². The van der Waals surface area contributed by atoms with Crippen LogP contribution in [-0.4, -0.2) is 37.9 Å². The van der Waals surface area contributed by atoms with E-state index in [1.165, 1.54) is 96.3 Å². The minimum atomic E-state index is -0.562. The van der Waals surface area contributed by atoms with Crippen LogP contribution in [0.2, 0.25) is 0 Å². The molecule has 388 valence electrons. The molecule has 0 N–H and O–H groups in total. The van der Waals surface area contributed by atoms with Crippen LogP contribution in [0, 0.1) is 0 Å². The number of hydrogen-bond donors (Lipinski definition) is 0. The summed E-state index contributed by atoms with van der Waals surface area (Å²) in [6.45, 7) is 7.53. The Morgan fingerprint density at radius 3 is 1.06 bits per heavy atom. The second-order valence-electron chi connectivity index (χ2n) is 18.4. The molecule has 5 heteroatoms. The molecule has 68 heavy (non-hydrogen) atoms. The average Bonchev–Trinajstić information content (AvgIpc) is 3.34. The van der Waals surface area contributed by atoms with Crippen LogP contribution >= 0.6 is 0 Å². The largest absolute Gasteiger partial charge is 0.462 e. The fourth-order valence-corrected chi connectivity index (χ4v) is 7.60. The lowest BCUT2D eigenvalue weighted by Crippen LogP contribution is -2.30. The van der Waals surface area contributed by atoms with Crippen molar-refractivity contribution in [3.8, 4) is 0 Å². The van der Waals surface area contributed by atoms with E-state index in [0.29, 0.717) is 19.4 Å². The van der Waals surface area contributed by atoms with E-state index in [1.54, 1.807) is 0 Å². The maximum absolute atomic E-state index is 12.9. The van der Waals surface area contributed by atoms with Crippen molar-refractivity contribution < 1.29 is 23.8 Å². The summed E-state index contributed by atoms with van der Waals surface area (Å²) in [7, 11) is 0. The lowest BCUT2D eigenvalue weighted by Gasteiger charge is -2.18. The van der Waals surface area contributed by atoms with Crippen molar-refractivity contribution in [3.63, 3.8) is 0 Å². The highest BCUT2D eigenvalue weighted by atomic mass is 16.6. The highest BCUT2D eigenvalue weighted by Gasteiger charge is 2.17. The molecule has 0 aromatic rings. The average molecular weight is 944 g/mol. The maximum Gasteiger partial charge on any atom is 0.306 e. The number of ether oxygens (including phenoxy) is 3. The van der Waals surface area contributed by atoms with E-state index in [-0.39, 0.29) is 25.2 Å². The van der Waals surface area contributed by atoms with Crippen molar-refractivity contribution in [2.45, 2.75) is 258 Å². The minimum Gasteiger partial charge on any atom is -0.462 e. The Kier molecular flexibility index (Phi) is 54.9. The van der Waals surface area contributed by atoms with Gasteiger partial charge < -0.3 is 14.2 Å². The smallest absolute Gasteiger partial charge is 0.306 e. The zero-order valence-electron chi connectivity index (χ0n) is 44.6. The van der Waals surface area contributed by atoms with E-state index in [2.05, 4.69) is 130 Å². The third-order valence-corrected chi connectivity index (χ3v) is 11.8. The van der Waals surface area contributed by atoms with Crippen LogP contribution in [0.5, 0.6) is 0 Å². The quantitative estimate of drug-likeness (QED) is 0.0345. The van der Waals surface area contributed by atoms with Crippen molar-refractivity contribution in [2.24, 2.45) is 0 Å². The molecule has 0 saturated carbocycles. The standard InChI is InChI=1S/C63H106O5/c1-4-7-10-13-16-19-22-25-28-31-32-34-35-38-41-44-47-50-53-56-62(64)67-60-61(59-66-58-55-52-49-46-43-40-37-30-27-24-21-18-15-12-9-6-3)68-63(65)57-54-51-48-45-42-39-36-33-29-26-23-20-17-14-11-8-5-2/h8-9,11-12,16-21,25-30,32,34,61H,4-7,10,13-15,22-24,31,33,35-60H2,1-3H3/b11-8-,12-9-,19-16-,20-17-,21-18-,28-25-,29-26-,30-27-,34-32-. The molecule has 0 rings (SSSR count). The van der Waals surface area contributed by atoms with E-state index in [0.717, 1.165) is 122 Å². The highest BCUT2D eigenvalue weighted by Crippen LogP contribution is 2.14. The summed E-state index contributed by atoms with van der Waals surface area (Å²) in [5.74, 6) is -0.432. The first-order valence-electron chi connectivity index (χ1n) is 28.4. The predicted molar refractivity (Wildman–Crippen MR) is 297 cm³/mol. The van der Waals surface area contributed by atoms with E-state index in [9.17, 15) is 9.59 Å². The molecule has 0 aromatic carbocycles. The Balaban J connectivity index is 4.35. The van der Waals surface area contributed by atoms with Gasteiger partial charge in [0.05, 0.1) is 6.61 Å². The number of carbonyl (C=O) groups excluding carboxylic acids is 2. The summed E-state index contributed by atoms with van der Waals surface area (Å²) in [5.41, 5.74) is 0. The third kappa shape index (κ3) is 55.2. The predicted octanol–water partition coefficient (Wildman–Crippen LogP) is 19.6. The summed E-state index contributed by atoms with van der Waals surface area (Å²) in [5, 5.41) is 0. The normalized spacial score (nSPS) is 13.0. The van der Waals surface area contributed by atoms with Crippen LogP contribution in [0.15, 0.2) is 109 Å². The molecule has 0 heterocycles. The molecule has 1 unspecified atom stereocenters. The third-order valence-electron chi connectivity index (χ3n) is 11.8. The Labute approximate surface area is 421 Å². The van der Waals surface area contributed by atoms with Crippen molar-refractivity contribution in [3.05, 3.63) is 109 Å². The Bertz CT molecular complexity index is 1340. The number of esters is 2. The molecule has 5 nitrogen and oxygen atoms in total. The summed E-state index contributed by atoms with van der Waals surface area (Å²) in [6.07, 6.45) is 79.6. The van der Waals surface area contributed by atoms with Gasteiger partial charge in [0.2, 0.25) is 0 Å². The highest BCUT2D eigenvalue weighted by molar-refractivity contribution is 5.70. The van der Waals surface area contributed by atoms with Crippen LogP contribution in [0.25, 0.3) is 0 Å². The molecule has 0 aliphatic heterocycles. The first-order chi connectivity index (χ1) is 33.6. The Morgan fingerprint density at radius 2 is 0.662 bits per heavy atom. The minimum absolute atomic E-state index is 0.0631. The second kappa shape index (κ2) is 57.9. The van der Waals surface area contributed by atoms with Gasteiger partial charge in [0, 0.05) is 19.4 Å². The van der Waals surface area contributed by atoms with Gasteiger partial charge in [-0.1, -0.05) is 226 Å². The van der Waals surface area contributed by atoms with Crippen molar-refractivity contribution in [1.29, 1.82) is 0 Å². The Hall–Kier alpha value is -3.44. The zero-order chi connectivity index (χ0) is 49.2. The molecule has 0 aliphatic rings. The van der Waals surface area contributed by atoms with Gasteiger partial charge in [-0.2, -0.15) is 0 Å². The summed E-state index contributed by atoms with van der Waals surface area (Å²) in [6, 6.07) is 0. The van der Waals surface area contributed by atoms with E-state index >= 15 is 0 Å². The number of hydrogen-bond acceptors (Lipinski definition) is 5. The monoisotopic (exact) mass is 943 g/mol. The first kappa shape index (κ1) is 64.6. The first-order valence-corrected chi connectivity index (χ1v) is 28.4. The van der Waals surface area contributed by atoms with Gasteiger partial charge in [0.15, 0.2) is 6.10 Å². The van der Waals surface area contributed by atoms with Gasteiger partial charge in [0.25, 0.3) is 0 Å².